The number of esters is 1. The number of methoxy groups -OCH3 is 1. The third-order valence-electron chi connectivity index (χ3n) is 4.79. The summed E-state index contributed by atoms with van der Waals surface area (Å²) in [6.07, 6.45) is -2.52. The molecule has 4 unspecified atom stereocenters. The van der Waals surface area contributed by atoms with Crippen LogP contribution in [0.3, 0.4) is 0 Å². The second kappa shape index (κ2) is 16.8. The smallest absolute Gasteiger partial charge is 0.408 e. The third-order valence-corrected chi connectivity index (χ3v) is 4.79. The highest BCUT2D eigenvalue weighted by Crippen LogP contribution is 2.15. The molecule has 0 radical (unpaired) electrons. The van der Waals surface area contributed by atoms with Crippen LogP contribution in [0.2, 0.25) is 0 Å². The van der Waals surface area contributed by atoms with Gasteiger partial charge >= 0.3 is 12.1 Å². The van der Waals surface area contributed by atoms with Crippen molar-refractivity contribution in [2.24, 2.45) is 0 Å². The van der Waals surface area contributed by atoms with Crippen molar-refractivity contribution in [3.05, 3.63) is 60.2 Å². The van der Waals surface area contributed by atoms with E-state index in [0.717, 1.165) is 16.7 Å². The van der Waals surface area contributed by atoms with Crippen LogP contribution in [0.5, 0.6) is 0 Å². The first kappa shape index (κ1) is 30.3. The van der Waals surface area contributed by atoms with E-state index in [9.17, 15) is 14.7 Å². The molecule has 1 amide bonds. The van der Waals surface area contributed by atoms with Crippen molar-refractivity contribution < 1.29 is 38.4 Å². The van der Waals surface area contributed by atoms with Gasteiger partial charge in [0, 0.05) is 0 Å². The number of aliphatic hydroxyl groups excluding tert-OH is 1. The van der Waals surface area contributed by atoms with Crippen molar-refractivity contribution in [2.45, 2.75) is 58.2 Å². The van der Waals surface area contributed by atoms with Crippen LogP contribution in [0, 0.1) is 0 Å². The Bertz CT molecular complexity index is 798. The highest BCUT2D eigenvalue weighted by molar-refractivity contribution is 5.81. The second-order valence-electron chi connectivity index (χ2n) is 8.33. The molecule has 0 aliphatic heterocycles. The maximum Gasteiger partial charge on any atom is 0.408 e. The fourth-order valence-corrected chi connectivity index (χ4v) is 2.94. The molecule has 2 N–H and O–H groups in total. The molecule has 0 saturated carbocycles. The van der Waals surface area contributed by atoms with Gasteiger partial charge in [-0.15, -0.1) is 0 Å². The average molecular weight is 494 g/mol. The van der Waals surface area contributed by atoms with Crippen LogP contribution in [0.25, 0.3) is 0 Å². The Kier molecular flexibility index (Phi) is 14.6. The van der Waals surface area contributed by atoms with Gasteiger partial charge in [0.2, 0.25) is 0 Å². The zero-order valence-electron chi connectivity index (χ0n) is 21.2. The lowest BCUT2D eigenvalue weighted by molar-refractivity contribution is -0.149. The normalized spacial score (nSPS) is 14.3. The van der Waals surface area contributed by atoms with E-state index >= 15 is 0 Å². The molecule has 35 heavy (non-hydrogen) atoms. The molecule has 0 aliphatic rings. The number of hydrogen-bond acceptors (Lipinski definition) is 8. The van der Waals surface area contributed by atoms with E-state index < -0.39 is 36.4 Å². The van der Waals surface area contributed by atoms with Gasteiger partial charge in [-0.25, -0.2) is 9.59 Å². The number of hydrogen-bond donors (Lipinski definition) is 2. The summed E-state index contributed by atoms with van der Waals surface area (Å²) in [4.78, 5) is 24.4. The molecule has 0 aromatic heterocycles. The molecule has 9 heteroatoms. The largest absolute Gasteiger partial charge is 0.467 e. The maximum absolute atomic E-state index is 12.2. The number of nitrogens with one attached hydrogen (secondary N) is 1. The Morgan fingerprint density at radius 3 is 2.23 bits per heavy atom. The molecule has 196 valence electrons. The first-order chi connectivity index (χ1) is 16.7. The first-order valence-corrected chi connectivity index (χ1v) is 11.5. The number of aliphatic hydroxyl groups is 1. The molecule has 0 fully saturated rings. The topological polar surface area (TPSA) is 113 Å². The zero-order valence-corrected chi connectivity index (χ0v) is 21.2. The Labute approximate surface area is 208 Å². The third kappa shape index (κ3) is 12.5. The van der Waals surface area contributed by atoms with Crippen molar-refractivity contribution in [1.82, 2.24) is 5.32 Å². The number of benzene rings is 1. The second-order valence-corrected chi connectivity index (χ2v) is 8.33. The fourth-order valence-electron chi connectivity index (χ4n) is 2.94. The van der Waals surface area contributed by atoms with E-state index in [2.05, 4.69) is 18.5 Å². The molecule has 4 atom stereocenters. The summed E-state index contributed by atoms with van der Waals surface area (Å²) in [6, 6.07) is 8.05. The van der Waals surface area contributed by atoms with Gasteiger partial charge in [0.1, 0.15) is 18.8 Å². The Hall–Kier alpha value is -2.72. The van der Waals surface area contributed by atoms with Crippen LogP contribution in [-0.4, -0.2) is 75.1 Å². The average Bonchev–Trinajstić information content (AvgIpc) is 2.84. The molecular weight excluding hydrogens is 454 g/mol. The first-order valence-electron chi connectivity index (χ1n) is 11.5. The van der Waals surface area contributed by atoms with Crippen LogP contribution < -0.4 is 5.32 Å². The molecule has 0 saturated heterocycles. The molecule has 0 bridgehead atoms. The van der Waals surface area contributed by atoms with Gasteiger partial charge in [0.05, 0.1) is 39.6 Å². The Balaban J connectivity index is 2.77. The van der Waals surface area contributed by atoms with Crippen molar-refractivity contribution >= 4 is 12.1 Å². The minimum absolute atomic E-state index is 0.0145. The van der Waals surface area contributed by atoms with Crippen molar-refractivity contribution in [3.63, 3.8) is 0 Å². The molecule has 9 nitrogen and oxygen atoms in total. The predicted octanol–water partition coefficient (Wildman–Crippen LogP) is 3.16. The van der Waals surface area contributed by atoms with Gasteiger partial charge in [-0.05, 0) is 25.8 Å². The summed E-state index contributed by atoms with van der Waals surface area (Å²) >= 11 is 0. The molecule has 1 aromatic carbocycles. The molecule has 0 heterocycles. The van der Waals surface area contributed by atoms with E-state index in [1.54, 1.807) is 0 Å². The van der Waals surface area contributed by atoms with E-state index in [-0.39, 0.29) is 33.0 Å². The summed E-state index contributed by atoms with van der Waals surface area (Å²) in [6.45, 7) is 13.4. The number of rotatable bonds is 17. The van der Waals surface area contributed by atoms with Gasteiger partial charge in [0.15, 0.2) is 6.04 Å². The van der Waals surface area contributed by atoms with Gasteiger partial charge in [-0.3, -0.25) is 0 Å². The van der Waals surface area contributed by atoms with Crippen molar-refractivity contribution in [3.8, 4) is 0 Å². The Morgan fingerprint density at radius 2 is 1.66 bits per heavy atom. The number of amides is 1. The minimum atomic E-state index is -1.10. The monoisotopic (exact) mass is 493 g/mol. The van der Waals surface area contributed by atoms with Crippen LogP contribution in [0.15, 0.2) is 54.6 Å². The molecule has 0 spiro atoms. The van der Waals surface area contributed by atoms with Gasteiger partial charge in [-0.2, -0.15) is 0 Å². The lowest BCUT2D eigenvalue weighted by atomic mass is 10.1. The van der Waals surface area contributed by atoms with E-state index in [0.29, 0.717) is 6.42 Å². The van der Waals surface area contributed by atoms with Gasteiger partial charge in [0.25, 0.3) is 0 Å². The summed E-state index contributed by atoms with van der Waals surface area (Å²) in [5, 5.41) is 13.0. The number of alkyl carbamates (subject to hydrolysis) is 1. The lowest BCUT2D eigenvalue weighted by Crippen LogP contribution is -2.47. The number of carbonyl (C=O) groups is 2. The van der Waals surface area contributed by atoms with Crippen LogP contribution in [0.4, 0.5) is 4.79 Å². The lowest BCUT2D eigenvalue weighted by Gasteiger charge is -2.31. The summed E-state index contributed by atoms with van der Waals surface area (Å²) in [5.74, 6) is -0.690. The Morgan fingerprint density at radius 1 is 1.03 bits per heavy atom. The maximum atomic E-state index is 12.2. The number of carbonyl (C=O) groups excluding carboxylic acids is 2. The minimum Gasteiger partial charge on any atom is -0.467 e. The van der Waals surface area contributed by atoms with Crippen LogP contribution >= 0.6 is 0 Å². The highest BCUT2D eigenvalue weighted by atomic mass is 16.6. The number of ether oxygens (including phenoxy) is 5. The quantitative estimate of drug-likeness (QED) is 0.251. The molecule has 0 aliphatic carbocycles. The summed E-state index contributed by atoms with van der Waals surface area (Å²) < 4.78 is 27.4. The SMILES string of the molecule is C=C(C)COC(COCC(NC(=O)OCc1ccccc1)C(=O)OC)C(OCC(=C)C)C(O)CC. The summed E-state index contributed by atoms with van der Waals surface area (Å²) in [5.41, 5.74) is 2.39. The fraction of sp³-hybridized carbons (Fsp3) is 0.538. The molecule has 1 aromatic rings. The van der Waals surface area contributed by atoms with Crippen molar-refractivity contribution in [2.75, 3.05) is 33.5 Å². The highest BCUT2D eigenvalue weighted by Gasteiger charge is 2.31. The van der Waals surface area contributed by atoms with Crippen LogP contribution in [0.1, 0.15) is 32.8 Å². The predicted molar refractivity (Wildman–Crippen MR) is 132 cm³/mol. The molecular formula is C26H39NO8. The molecule has 1 rings (SSSR count). The van der Waals surface area contributed by atoms with E-state index in [4.69, 9.17) is 23.7 Å². The standard InChI is InChI=1S/C26H39NO8/c1-7-22(28)24(34-14-19(4)5)23(33-13-18(2)3)17-32-16-21(25(29)31-6)27-26(30)35-15-20-11-9-8-10-12-20/h8-12,21-24,28H,2,4,7,13-17H2,1,3,5-6H3,(H,27,30). The van der Waals surface area contributed by atoms with Gasteiger partial charge < -0.3 is 34.1 Å². The van der Waals surface area contributed by atoms with Gasteiger partial charge in [-0.1, -0.05) is 61.6 Å². The van der Waals surface area contributed by atoms with Crippen molar-refractivity contribution in [1.29, 1.82) is 0 Å². The van der Waals surface area contributed by atoms with Crippen LogP contribution in [-0.2, 0) is 35.1 Å². The summed E-state index contributed by atoms with van der Waals surface area (Å²) in [7, 11) is 1.21. The van der Waals surface area contributed by atoms with E-state index in [1.807, 2.05) is 51.1 Å². The van der Waals surface area contributed by atoms with E-state index in [1.165, 1.54) is 7.11 Å². The zero-order chi connectivity index (χ0) is 26.2.